The van der Waals surface area contributed by atoms with Crippen molar-refractivity contribution < 1.29 is 46.1 Å². The maximum atomic E-state index is 14.4. The number of rotatable bonds is 11. The third-order valence-electron chi connectivity index (χ3n) is 12.2. The Morgan fingerprint density at radius 1 is 0.613 bits per heavy atom. The van der Waals surface area contributed by atoms with Gasteiger partial charge in [0.1, 0.15) is 17.6 Å². The molecule has 3 N–H and O–H groups in total. The van der Waals surface area contributed by atoms with Crippen LogP contribution in [0.15, 0.2) is 54.6 Å². The summed E-state index contributed by atoms with van der Waals surface area (Å²) in [6.45, 7) is 15.3. The second-order valence-corrected chi connectivity index (χ2v) is 17.0. The molecule has 0 amide bonds. The molecular weight excluding hydrogens is 837 g/mol. The van der Waals surface area contributed by atoms with Crippen LogP contribution in [-0.2, 0) is 0 Å². The van der Waals surface area contributed by atoms with Crippen LogP contribution in [0.2, 0.25) is 5.02 Å². The molecule has 3 aromatic rings. The lowest BCUT2D eigenvalue weighted by Crippen LogP contribution is -2.33. The Kier molecular flexibility index (Phi) is 19.8. The van der Waals surface area contributed by atoms with Crippen molar-refractivity contribution in [3.63, 3.8) is 0 Å². The number of likely N-dealkylation sites (tertiary alicyclic amines) is 3. The normalized spacial score (nSPS) is 18.8. The number of para-hydroxylation sites is 1. The molecule has 0 aliphatic carbocycles. The fraction of sp³-hybridized carbons (Fsp3) is 0.596. The summed E-state index contributed by atoms with van der Waals surface area (Å²) >= 11 is 6.17. The number of alkyl halides is 6. The summed E-state index contributed by atoms with van der Waals surface area (Å²) in [6.07, 6.45) is -6.17. The lowest BCUT2D eigenvalue weighted by Gasteiger charge is -2.32. The maximum Gasteiger partial charge on any atom is 0.418 e. The molecular formula is C47H62ClF7N4O3. The van der Waals surface area contributed by atoms with Crippen LogP contribution in [0.5, 0.6) is 5.75 Å². The van der Waals surface area contributed by atoms with Gasteiger partial charge in [-0.05, 0) is 157 Å². The molecule has 0 aromatic heterocycles. The number of aromatic hydroxyl groups is 1. The van der Waals surface area contributed by atoms with E-state index in [0.29, 0.717) is 11.5 Å². The lowest BCUT2D eigenvalue weighted by molar-refractivity contribution is -0.207. The van der Waals surface area contributed by atoms with E-state index in [0.717, 1.165) is 127 Å². The van der Waals surface area contributed by atoms with Crippen molar-refractivity contribution in [2.75, 3.05) is 58.9 Å². The molecule has 3 fully saturated rings. The summed E-state index contributed by atoms with van der Waals surface area (Å²) in [4.78, 5) is 7.11. The third-order valence-corrected chi connectivity index (χ3v) is 12.7. The number of phenolic OH excluding ortho intramolecular Hbond substituents is 1. The second kappa shape index (κ2) is 24.0. The third kappa shape index (κ3) is 14.0. The van der Waals surface area contributed by atoms with Gasteiger partial charge in [0.05, 0.1) is 10.6 Å². The zero-order chi connectivity index (χ0) is 45.6. The maximum absolute atomic E-state index is 14.4. The highest BCUT2D eigenvalue weighted by Crippen LogP contribution is 2.42. The van der Waals surface area contributed by atoms with Crippen molar-refractivity contribution in [2.24, 2.45) is 0 Å². The zero-order valence-electron chi connectivity index (χ0n) is 36.0. The summed E-state index contributed by atoms with van der Waals surface area (Å²) in [6, 6.07) is 16.0. The number of aliphatic hydroxyl groups excluding tert-OH is 2. The highest BCUT2D eigenvalue weighted by molar-refractivity contribution is 6.32. The van der Waals surface area contributed by atoms with Crippen molar-refractivity contribution in [1.82, 2.24) is 14.7 Å². The van der Waals surface area contributed by atoms with Gasteiger partial charge in [0.25, 0.3) is 0 Å². The SMILES string of the molecule is CCCN1CCC(c2cccc(C#N)c2O)CC1.CCCN1CCC(c2cccc(C(O)C(F)(F)F)c2Cl)CC1.CCCN1CCC(c2cccc(C(O)C(F)(F)F)c2F)CC1. The van der Waals surface area contributed by atoms with Gasteiger partial charge in [-0.2, -0.15) is 31.6 Å². The van der Waals surface area contributed by atoms with Gasteiger partial charge in [-0.15, -0.1) is 0 Å². The van der Waals surface area contributed by atoms with Gasteiger partial charge in [-0.1, -0.05) is 80.9 Å². The van der Waals surface area contributed by atoms with Crippen LogP contribution in [0.3, 0.4) is 0 Å². The first-order valence-corrected chi connectivity index (χ1v) is 22.3. The average Bonchev–Trinajstić information content (AvgIpc) is 3.25. The first-order valence-electron chi connectivity index (χ1n) is 21.9. The van der Waals surface area contributed by atoms with Gasteiger partial charge in [0, 0.05) is 11.1 Å². The molecule has 0 bridgehead atoms. The Balaban J connectivity index is 0.000000206. The van der Waals surface area contributed by atoms with E-state index in [1.165, 1.54) is 24.6 Å². The summed E-state index contributed by atoms with van der Waals surface area (Å²) in [7, 11) is 0. The molecule has 3 heterocycles. The molecule has 2 atom stereocenters. The molecule has 0 radical (unpaired) electrons. The summed E-state index contributed by atoms with van der Waals surface area (Å²) in [5.41, 5.74) is 1.42. The van der Waals surface area contributed by atoms with Crippen molar-refractivity contribution in [1.29, 1.82) is 5.26 Å². The molecule has 6 rings (SSSR count). The van der Waals surface area contributed by atoms with Gasteiger partial charge >= 0.3 is 12.4 Å². The van der Waals surface area contributed by atoms with Gasteiger partial charge in [0.15, 0.2) is 12.2 Å². The minimum Gasteiger partial charge on any atom is -0.506 e. The van der Waals surface area contributed by atoms with E-state index in [2.05, 4.69) is 35.5 Å². The molecule has 3 aliphatic heterocycles. The number of hydrogen-bond acceptors (Lipinski definition) is 7. The topological polar surface area (TPSA) is 94.2 Å². The largest absolute Gasteiger partial charge is 0.506 e. The van der Waals surface area contributed by atoms with Crippen LogP contribution in [0.4, 0.5) is 30.7 Å². The number of benzene rings is 3. The van der Waals surface area contributed by atoms with Crippen molar-refractivity contribution >= 4 is 11.6 Å². The number of phenols is 1. The predicted molar refractivity (Wildman–Crippen MR) is 229 cm³/mol. The van der Waals surface area contributed by atoms with Gasteiger partial charge < -0.3 is 30.0 Å². The number of nitriles is 1. The Hall–Kier alpha value is -3.45. The second-order valence-electron chi connectivity index (χ2n) is 16.6. The minimum atomic E-state index is -4.86. The van der Waals surface area contributed by atoms with Crippen LogP contribution in [-0.4, -0.2) is 101 Å². The number of piperidine rings is 3. The van der Waals surface area contributed by atoms with E-state index >= 15 is 0 Å². The summed E-state index contributed by atoms with van der Waals surface area (Å²) in [5, 5.41) is 37.8. The zero-order valence-corrected chi connectivity index (χ0v) is 36.7. The van der Waals surface area contributed by atoms with Gasteiger partial charge in [-0.3, -0.25) is 0 Å². The molecule has 3 aliphatic rings. The molecule has 0 spiro atoms. The predicted octanol–water partition coefficient (Wildman–Crippen LogP) is 11.4. The summed E-state index contributed by atoms with van der Waals surface area (Å²) < 4.78 is 90.3. The molecule has 3 aromatic carbocycles. The molecule has 344 valence electrons. The fourth-order valence-electron chi connectivity index (χ4n) is 8.87. The van der Waals surface area contributed by atoms with Crippen LogP contribution in [0.25, 0.3) is 0 Å². The smallest absolute Gasteiger partial charge is 0.418 e. The number of halogens is 8. The van der Waals surface area contributed by atoms with Gasteiger partial charge in [-0.25, -0.2) is 4.39 Å². The Bertz CT molecular complexity index is 1780. The standard InChI is InChI=1S/C16H21ClF3NO.C16H21F4NO.C15H20N2O/c2*1-2-8-21-9-6-11(7-10-21)12-4-3-5-13(14(12)17)15(22)16(18,19)20;1-2-8-17-9-6-12(7-10-17)14-5-3-4-13(11-16)15(14)18/h2*3-5,11,15,22H,2,6-10H2,1H3;3-5,12,18H,2,6-10H2,1H3. The first kappa shape index (κ1) is 51.2. The van der Waals surface area contributed by atoms with E-state index in [1.54, 1.807) is 18.2 Å². The average molecular weight is 899 g/mol. The Morgan fingerprint density at radius 2 is 0.968 bits per heavy atom. The first-order chi connectivity index (χ1) is 29.4. The Labute approximate surface area is 367 Å². The number of hydrogen-bond donors (Lipinski definition) is 3. The van der Waals surface area contributed by atoms with Crippen molar-refractivity contribution in [2.45, 2.75) is 121 Å². The van der Waals surface area contributed by atoms with E-state index in [-0.39, 0.29) is 33.7 Å². The van der Waals surface area contributed by atoms with E-state index < -0.39 is 35.9 Å². The number of nitrogens with zero attached hydrogens (tertiary/aromatic N) is 4. The quantitative estimate of drug-likeness (QED) is 0.165. The molecule has 15 heteroatoms. The van der Waals surface area contributed by atoms with Crippen molar-refractivity contribution in [3.05, 3.63) is 98.8 Å². The Morgan fingerprint density at radius 3 is 1.39 bits per heavy atom. The number of aliphatic hydroxyl groups is 2. The van der Waals surface area contributed by atoms with Crippen LogP contribution in [0, 0.1) is 17.1 Å². The van der Waals surface area contributed by atoms with E-state index in [1.807, 2.05) is 18.2 Å². The van der Waals surface area contributed by atoms with E-state index in [9.17, 15) is 46.1 Å². The molecule has 0 saturated carbocycles. The van der Waals surface area contributed by atoms with Crippen LogP contribution < -0.4 is 0 Å². The minimum absolute atomic E-state index is 0.0567. The lowest BCUT2D eigenvalue weighted by atomic mass is 9.87. The highest BCUT2D eigenvalue weighted by Gasteiger charge is 2.42. The van der Waals surface area contributed by atoms with Gasteiger partial charge in [0.2, 0.25) is 0 Å². The monoisotopic (exact) mass is 898 g/mol. The summed E-state index contributed by atoms with van der Waals surface area (Å²) in [5.74, 6) is -0.268. The van der Waals surface area contributed by atoms with Crippen LogP contribution >= 0.6 is 11.6 Å². The highest BCUT2D eigenvalue weighted by atomic mass is 35.5. The molecule has 2 unspecified atom stereocenters. The molecule has 3 saturated heterocycles. The van der Waals surface area contributed by atoms with E-state index in [4.69, 9.17) is 16.9 Å². The van der Waals surface area contributed by atoms with Crippen LogP contribution in [0.1, 0.15) is 142 Å². The fourth-order valence-corrected chi connectivity index (χ4v) is 9.26. The van der Waals surface area contributed by atoms with Crippen molar-refractivity contribution in [3.8, 4) is 11.8 Å². The molecule has 62 heavy (non-hydrogen) atoms. The molecule has 7 nitrogen and oxygen atoms in total.